The Labute approximate surface area is 98.9 Å². The second-order valence-corrected chi connectivity index (χ2v) is 4.04. The summed E-state index contributed by atoms with van der Waals surface area (Å²) in [5.74, 6) is -0.639. The fourth-order valence-corrected chi connectivity index (χ4v) is 1.62. The number of carbonyl (C=O) groups is 1. The molecule has 0 saturated heterocycles. The zero-order valence-electron chi connectivity index (χ0n) is 8.33. The molecular formula is C9H15Cl2NO3. The minimum atomic E-state index is -0.843. The number of halogens is 2. The van der Waals surface area contributed by atoms with E-state index in [0.717, 1.165) is 31.4 Å². The molecule has 1 atom stereocenters. The minimum absolute atomic E-state index is 0.0104. The van der Waals surface area contributed by atoms with Crippen LogP contribution in [0, 0.1) is 0 Å². The Morgan fingerprint density at radius 3 is 2.47 bits per heavy atom. The van der Waals surface area contributed by atoms with Gasteiger partial charge in [-0.05, 0) is 19.3 Å². The van der Waals surface area contributed by atoms with E-state index in [1.54, 1.807) is 0 Å². The lowest BCUT2D eigenvalue weighted by Gasteiger charge is -2.15. The largest absolute Gasteiger partial charge is 0.481 e. The van der Waals surface area contributed by atoms with Crippen LogP contribution in [0.1, 0.15) is 32.1 Å². The van der Waals surface area contributed by atoms with E-state index in [0.29, 0.717) is 0 Å². The van der Waals surface area contributed by atoms with Crippen LogP contribution in [0.25, 0.3) is 0 Å². The third kappa shape index (κ3) is 7.45. The highest BCUT2D eigenvalue weighted by Gasteiger charge is 2.17. The summed E-state index contributed by atoms with van der Waals surface area (Å²) in [6, 6.07) is 0. The SMILES string of the molecule is O=C(O)CCCl.ON=C1CCCCC1Cl. The summed E-state index contributed by atoms with van der Waals surface area (Å²) >= 11 is 10.8. The quantitative estimate of drug-likeness (QED) is 0.453. The van der Waals surface area contributed by atoms with Gasteiger partial charge in [0.2, 0.25) is 0 Å². The maximum atomic E-state index is 9.51. The van der Waals surface area contributed by atoms with E-state index in [9.17, 15) is 4.79 Å². The number of alkyl halides is 2. The van der Waals surface area contributed by atoms with Crippen molar-refractivity contribution in [2.75, 3.05) is 5.88 Å². The first kappa shape index (κ1) is 14.5. The Morgan fingerprint density at radius 2 is 2.20 bits per heavy atom. The van der Waals surface area contributed by atoms with Crippen molar-refractivity contribution < 1.29 is 15.1 Å². The van der Waals surface area contributed by atoms with Crippen LogP contribution in [0.2, 0.25) is 0 Å². The van der Waals surface area contributed by atoms with Crippen molar-refractivity contribution in [3.63, 3.8) is 0 Å². The first-order valence-corrected chi connectivity index (χ1v) is 5.71. The van der Waals surface area contributed by atoms with E-state index in [1.807, 2.05) is 0 Å². The monoisotopic (exact) mass is 255 g/mol. The number of oxime groups is 1. The summed E-state index contributed by atoms with van der Waals surface area (Å²) in [6.45, 7) is 0. The topological polar surface area (TPSA) is 69.9 Å². The third-order valence-electron chi connectivity index (χ3n) is 1.94. The molecule has 0 spiro atoms. The number of rotatable bonds is 2. The molecule has 15 heavy (non-hydrogen) atoms. The van der Waals surface area contributed by atoms with Gasteiger partial charge in [-0.2, -0.15) is 0 Å². The van der Waals surface area contributed by atoms with Crippen molar-refractivity contribution in [2.24, 2.45) is 5.16 Å². The molecule has 1 fully saturated rings. The third-order valence-corrected chi connectivity index (χ3v) is 2.60. The maximum Gasteiger partial charge on any atom is 0.304 e. The molecule has 2 N–H and O–H groups in total. The van der Waals surface area contributed by atoms with E-state index < -0.39 is 5.97 Å². The van der Waals surface area contributed by atoms with Gasteiger partial charge in [0.1, 0.15) is 0 Å². The van der Waals surface area contributed by atoms with Gasteiger partial charge >= 0.3 is 5.97 Å². The summed E-state index contributed by atoms with van der Waals surface area (Å²) in [5.41, 5.74) is 0.753. The highest BCUT2D eigenvalue weighted by Crippen LogP contribution is 2.19. The molecule has 1 saturated carbocycles. The van der Waals surface area contributed by atoms with Gasteiger partial charge < -0.3 is 10.3 Å². The van der Waals surface area contributed by atoms with Crippen molar-refractivity contribution in [3.05, 3.63) is 0 Å². The van der Waals surface area contributed by atoms with Gasteiger partial charge in [-0.3, -0.25) is 4.79 Å². The van der Waals surface area contributed by atoms with E-state index >= 15 is 0 Å². The van der Waals surface area contributed by atoms with E-state index in [4.69, 9.17) is 33.5 Å². The van der Waals surface area contributed by atoms with Crippen LogP contribution in [-0.2, 0) is 4.79 Å². The van der Waals surface area contributed by atoms with Crippen LogP contribution in [0.5, 0.6) is 0 Å². The number of nitrogens with zero attached hydrogens (tertiary/aromatic N) is 1. The van der Waals surface area contributed by atoms with Crippen LogP contribution in [0.4, 0.5) is 0 Å². The van der Waals surface area contributed by atoms with Gasteiger partial charge in [0, 0.05) is 5.88 Å². The molecule has 0 bridgehead atoms. The molecule has 1 aliphatic carbocycles. The number of carboxylic acid groups (broad SMARTS) is 1. The molecule has 0 heterocycles. The average molecular weight is 256 g/mol. The Hall–Kier alpha value is -0.480. The van der Waals surface area contributed by atoms with E-state index in [2.05, 4.69) is 5.16 Å². The highest BCUT2D eigenvalue weighted by atomic mass is 35.5. The van der Waals surface area contributed by atoms with Crippen LogP contribution in [-0.4, -0.2) is 33.3 Å². The normalized spacial score (nSPS) is 23.1. The lowest BCUT2D eigenvalue weighted by atomic mass is 9.98. The van der Waals surface area contributed by atoms with Crippen molar-refractivity contribution >= 4 is 34.9 Å². The highest BCUT2D eigenvalue weighted by molar-refractivity contribution is 6.32. The number of hydrogen-bond donors (Lipinski definition) is 2. The molecule has 0 aromatic rings. The Balaban J connectivity index is 0.000000288. The number of hydrogen-bond acceptors (Lipinski definition) is 3. The molecule has 1 unspecified atom stereocenters. The lowest BCUT2D eigenvalue weighted by Crippen LogP contribution is -2.18. The Kier molecular flexibility index (Phi) is 8.52. The van der Waals surface area contributed by atoms with Crippen molar-refractivity contribution in [1.82, 2.24) is 0 Å². The molecule has 6 heteroatoms. The molecule has 0 aliphatic heterocycles. The summed E-state index contributed by atoms with van der Waals surface area (Å²) in [6.07, 6.45) is 4.16. The summed E-state index contributed by atoms with van der Waals surface area (Å²) in [4.78, 5) is 9.51. The summed E-state index contributed by atoms with van der Waals surface area (Å²) < 4.78 is 0. The molecule has 88 valence electrons. The van der Waals surface area contributed by atoms with Gasteiger partial charge in [0.05, 0.1) is 17.5 Å². The molecule has 4 nitrogen and oxygen atoms in total. The van der Waals surface area contributed by atoms with Crippen molar-refractivity contribution in [2.45, 2.75) is 37.5 Å². The van der Waals surface area contributed by atoms with Crippen molar-refractivity contribution in [1.29, 1.82) is 0 Å². The predicted molar refractivity (Wildman–Crippen MR) is 60.3 cm³/mol. The van der Waals surface area contributed by atoms with Gasteiger partial charge in [0.25, 0.3) is 0 Å². The van der Waals surface area contributed by atoms with Gasteiger partial charge in [-0.25, -0.2) is 0 Å². The molecule has 0 aromatic carbocycles. The Bertz CT molecular complexity index is 221. The van der Waals surface area contributed by atoms with Gasteiger partial charge in [-0.1, -0.05) is 11.6 Å². The standard InChI is InChI=1S/C6H10ClNO.C3H5ClO2/c7-5-3-1-2-4-6(5)8-9;4-2-1-3(5)6/h5,9H,1-4H2;1-2H2,(H,5,6). The number of carboxylic acids is 1. The number of aliphatic carboxylic acids is 1. The molecule has 0 radical (unpaired) electrons. The summed E-state index contributed by atoms with van der Waals surface area (Å²) in [7, 11) is 0. The molecule has 1 aliphatic rings. The molecule has 0 aromatic heterocycles. The Morgan fingerprint density at radius 1 is 1.53 bits per heavy atom. The van der Waals surface area contributed by atoms with Crippen molar-refractivity contribution in [3.8, 4) is 0 Å². The molecular weight excluding hydrogens is 241 g/mol. The first-order valence-electron chi connectivity index (χ1n) is 4.74. The zero-order chi connectivity index (χ0) is 11.7. The van der Waals surface area contributed by atoms with E-state index in [-0.39, 0.29) is 17.7 Å². The van der Waals surface area contributed by atoms with E-state index in [1.165, 1.54) is 0 Å². The second-order valence-electron chi connectivity index (χ2n) is 3.14. The molecule has 1 rings (SSSR count). The fourth-order valence-electron chi connectivity index (χ4n) is 1.15. The van der Waals surface area contributed by atoms with Gasteiger partial charge in [-0.15, -0.1) is 23.2 Å². The van der Waals surface area contributed by atoms with Crippen LogP contribution in [0.3, 0.4) is 0 Å². The minimum Gasteiger partial charge on any atom is -0.481 e. The lowest BCUT2D eigenvalue weighted by molar-refractivity contribution is -0.136. The zero-order valence-corrected chi connectivity index (χ0v) is 9.84. The predicted octanol–water partition coefficient (Wildman–Crippen LogP) is 2.70. The molecule has 0 amide bonds. The summed E-state index contributed by atoms with van der Waals surface area (Å²) in [5, 5.41) is 19.3. The van der Waals surface area contributed by atoms with Crippen LogP contribution < -0.4 is 0 Å². The van der Waals surface area contributed by atoms with Gasteiger partial charge in [0.15, 0.2) is 0 Å². The fraction of sp³-hybridized carbons (Fsp3) is 0.778. The van der Waals surface area contributed by atoms with Crippen LogP contribution >= 0.6 is 23.2 Å². The first-order chi connectivity index (χ1) is 7.11. The maximum absolute atomic E-state index is 9.51. The second kappa shape index (κ2) is 8.80. The average Bonchev–Trinajstić information content (AvgIpc) is 2.19. The smallest absolute Gasteiger partial charge is 0.304 e. The van der Waals surface area contributed by atoms with Crippen LogP contribution in [0.15, 0.2) is 5.16 Å².